The molecule has 5 nitrogen and oxygen atoms in total. The third-order valence-electron chi connectivity index (χ3n) is 2.37. The highest BCUT2D eigenvalue weighted by molar-refractivity contribution is 5.22. The van der Waals surface area contributed by atoms with Crippen molar-refractivity contribution >= 4 is 0 Å². The van der Waals surface area contributed by atoms with Crippen molar-refractivity contribution < 1.29 is 18.9 Å². The fraction of sp³-hybridized carbons (Fsp3) is 0.545. The minimum absolute atomic E-state index is 0.254. The highest BCUT2D eigenvalue weighted by Crippen LogP contribution is 2.17. The van der Waals surface area contributed by atoms with Crippen LogP contribution in [-0.2, 0) is 9.47 Å². The van der Waals surface area contributed by atoms with Crippen molar-refractivity contribution in [2.45, 2.75) is 12.2 Å². The van der Waals surface area contributed by atoms with Crippen LogP contribution in [0, 0.1) is 0 Å². The van der Waals surface area contributed by atoms with E-state index >= 15 is 0 Å². The average molecular weight is 223 g/mol. The summed E-state index contributed by atoms with van der Waals surface area (Å²) < 4.78 is 20.9. The Morgan fingerprint density at radius 2 is 1.81 bits per heavy atom. The van der Waals surface area contributed by atoms with Gasteiger partial charge < -0.3 is 18.9 Å². The van der Waals surface area contributed by atoms with Crippen LogP contribution < -0.4 is 9.47 Å². The molecular formula is C11H13NO4. The van der Waals surface area contributed by atoms with Gasteiger partial charge in [0.05, 0.1) is 19.4 Å². The maximum atomic E-state index is 5.46. The maximum absolute atomic E-state index is 5.46. The molecule has 2 unspecified atom stereocenters. The van der Waals surface area contributed by atoms with Crippen LogP contribution >= 0.6 is 0 Å². The fourth-order valence-electron chi connectivity index (χ4n) is 1.23. The third kappa shape index (κ3) is 2.84. The van der Waals surface area contributed by atoms with Crippen LogP contribution in [0.4, 0.5) is 0 Å². The Kier molecular flexibility index (Phi) is 2.63. The standard InChI is InChI=1S/C11H13NO4/c1-2-11(16-7-10-6-15-10)12-3-8(1)13-4-9-5-14-9/h1-3,9-10H,4-7H2. The van der Waals surface area contributed by atoms with Gasteiger partial charge in [0, 0.05) is 6.07 Å². The number of pyridine rings is 1. The molecule has 3 heterocycles. The van der Waals surface area contributed by atoms with Gasteiger partial charge >= 0.3 is 0 Å². The van der Waals surface area contributed by atoms with Gasteiger partial charge in [-0.05, 0) is 6.07 Å². The Balaban J connectivity index is 1.47. The summed E-state index contributed by atoms with van der Waals surface area (Å²) in [5.41, 5.74) is 0. The smallest absolute Gasteiger partial charge is 0.213 e. The zero-order valence-corrected chi connectivity index (χ0v) is 8.80. The SMILES string of the molecule is c1cc(OCC2CO2)ncc1OCC1CO1. The summed E-state index contributed by atoms with van der Waals surface area (Å²) >= 11 is 0. The van der Waals surface area contributed by atoms with Gasteiger partial charge in [-0.25, -0.2) is 4.98 Å². The lowest BCUT2D eigenvalue weighted by Gasteiger charge is -2.05. The highest BCUT2D eigenvalue weighted by Gasteiger charge is 2.24. The first-order valence-electron chi connectivity index (χ1n) is 5.35. The summed E-state index contributed by atoms with van der Waals surface area (Å²) in [4.78, 5) is 4.13. The monoisotopic (exact) mass is 223 g/mol. The predicted octanol–water partition coefficient (Wildman–Crippen LogP) is 0.637. The van der Waals surface area contributed by atoms with E-state index in [1.54, 1.807) is 12.3 Å². The lowest BCUT2D eigenvalue weighted by molar-refractivity contribution is 0.250. The lowest BCUT2D eigenvalue weighted by atomic mass is 10.4. The lowest BCUT2D eigenvalue weighted by Crippen LogP contribution is -2.06. The van der Waals surface area contributed by atoms with Crippen LogP contribution in [0.15, 0.2) is 18.3 Å². The van der Waals surface area contributed by atoms with Gasteiger partial charge in [-0.15, -0.1) is 0 Å². The Morgan fingerprint density at radius 1 is 1.12 bits per heavy atom. The zero-order chi connectivity index (χ0) is 10.8. The topological polar surface area (TPSA) is 56.4 Å². The van der Waals surface area contributed by atoms with Gasteiger partial charge in [0.15, 0.2) is 0 Å². The molecule has 2 fully saturated rings. The number of aromatic nitrogens is 1. The molecular weight excluding hydrogens is 210 g/mol. The molecule has 0 saturated carbocycles. The molecule has 5 heteroatoms. The summed E-state index contributed by atoms with van der Waals surface area (Å²) in [7, 11) is 0. The molecule has 0 bridgehead atoms. The number of epoxide rings is 2. The first-order valence-corrected chi connectivity index (χ1v) is 5.35. The molecule has 0 amide bonds. The number of hydrogen-bond donors (Lipinski definition) is 0. The van der Waals surface area contributed by atoms with Gasteiger partial charge in [0.2, 0.25) is 5.88 Å². The molecule has 1 aromatic heterocycles. The molecule has 0 radical (unpaired) electrons. The average Bonchev–Trinajstić information content (AvgIpc) is 3.17. The Bertz CT molecular complexity index is 311. The van der Waals surface area contributed by atoms with Crippen molar-refractivity contribution in [1.82, 2.24) is 4.98 Å². The Hall–Kier alpha value is -1.33. The van der Waals surface area contributed by atoms with E-state index in [-0.39, 0.29) is 12.2 Å². The molecule has 0 aliphatic carbocycles. The van der Waals surface area contributed by atoms with Crippen LogP contribution in [0.2, 0.25) is 0 Å². The Labute approximate surface area is 93.3 Å². The van der Waals surface area contributed by atoms with Gasteiger partial charge in [-0.2, -0.15) is 0 Å². The van der Waals surface area contributed by atoms with E-state index in [2.05, 4.69) is 4.98 Å². The van der Waals surface area contributed by atoms with Crippen molar-refractivity contribution in [3.05, 3.63) is 18.3 Å². The molecule has 2 atom stereocenters. The van der Waals surface area contributed by atoms with Crippen LogP contribution in [0.25, 0.3) is 0 Å². The molecule has 0 spiro atoms. The third-order valence-corrected chi connectivity index (χ3v) is 2.37. The second-order valence-electron chi connectivity index (χ2n) is 3.86. The largest absolute Gasteiger partial charge is 0.489 e. The van der Waals surface area contributed by atoms with E-state index < -0.39 is 0 Å². The summed E-state index contributed by atoms with van der Waals surface area (Å²) in [6.07, 6.45) is 2.18. The van der Waals surface area contributed by atoms with E-state index in [1.165, 1.54) is 0 Å². The normalized spacial score (nSPS) is 26.2. The van der Waals surface area contributed by atoms with Crippen LogP contribution in [0.5, 0.6) is 11.6 Å². The summed E-state index contributed by atoms with van der Waals surface area (Å²) in [6.45, 7) is 2.76. The van der Waals surface area contributed by atoms with Crippen molar-refractivity contribution in [3.63, 3.8) is 0 Å². The van der Waals surface area contributed by atoms with Gasteiger partial charge in [0.25, 0.3) is 0 Å². The van der Waals surface area contributed by atoms with E-state index in [0.717, 1.165) is 19.0 Å². The molecule has 2 saturated heterocycles. The summed E-state index contributed by atoms with van der Waals surface area (Å²) in [5, 5.41) is 0. The molecule has 2 aliphatic heterocycles. The van der Waals surface area contributed by atoms with Crippen molar-refractivity contribution in [1.29, 1.82) is 0 Å². The number of ether oxygens (including phenoxy) is 4. The van der Waals surface area contributed by atoms with E-state index in [9.17, 15) is 0 Å². The zero-order valence-electron chi connectivity index (χ0n) is 8.80. The van der Waals surface area contributed by atoms with Gasteiger partial charge in [-0.3, -0.25) is 0 Å². The molecule has 16 heavy (non-hydrogen) atoms. The number of nitrogens with zero attached hydrogens (tertiary/aromatic N) is 1. The van der Waals surface area contributed by atoms with Crippen molar-refractivity contribution in [2.75, 3.05) is 26.4 Å². The van der Waals surface area contributed by atoms with Crippen LogP contribution in [0.1, 0.15) is 0 Å². The molecule has 0 N–H and O–H groups in total. The van der Waals surface area contributed by atoms with Crippen LogP contribution in [0.3, 0.4) is 0 Å². The first-order chi connectivity index (χ1) is 7.90. The minimum atomic E-state index is 0.254. The molecule has 1 aromatic rings. The fourth-order valence-corrected chi connectivity index (χ4v) is 1.23. The minimum Gasteiger partial charge on any atom is -0.489 e. The Morgan fingerprint density at radius 3 is 2.38 bits per heavy atom. The highest BCUT2D eigenvalue weighted by atomic mass is 16.6. The molecule has 3 rings (SSSR count). The second-order valence-corrected chi connectivity index (χ2v) is 3.86. The van der Waals surface area contributed by atoms with E-state index in [4.69, 9.17) is 18.9 Å². The molecule has 0 aromatic carbocycles. The van der Waals surface area contributed by atoms with Gasteiger partial charge in [-0.1, -0.05) is 0 Å². The number of hydrogen-bond acceptors (Lipinski definition) is 5. The van der Waals surface area contributed by atoms with E-state index in [1.807, 2.05) is 6.07 Å². The maximum Gasteiger partial charge on any atom is 0.213 e. The van der Waals surface area contributed by atoms with E-state index in [0.29, 0.717) is 19.1 Å². The van der Waals surface area contributed by atoms with Gasteiger partial charge in [0.1, 0.15) is 31.2 Å². The van der Waals surface area contributed by atoms with Crippen molar-refractivity contribution in [2.24, 2.45) is 0 Å². The summed E-state index contributed by atoms with van der Waals surface area (Å²) in [5.74, 6) is 1.34. The second kappa shape index (κ2) is 4.27. The summed E-state index contributed by atoms with van der Waals surface area (Å²) in [6, 6.07) is 3.64. The molecule has 86 valence electrons. The van der Waals surface area contributed by atoms with Crippen LogP contribution in [-0.4, -0.2) is 43.6 Å². The quantitative estimate of drug-likeness (QED) is 0.662. The number of rotatable bonds is 6. The predicted molar refractivity (Wildman–Crippen MR) is 54.7 cm³/mol. The first kappa shape index (κ1) is 9.86. The van der Waals surface area contributed by atoms with Crippen molar-refractivity contribution in [3.8, 4) is 11.6 Å². The molecule has 2 aliphatic rings.